The van der Waals surface area contributed by atoms with Gasteiger partial charge in [0.2, 0.25) is 17.5 Å². The second-order valence-electron chi connectivity index (χ2n) is 9.82. The molecule has 1 aliphatic rings. The second kappa shape index (κ2) is 12.1. The molecule has 14 nitrogen and oxygen atoms in total. The first-order valence-corrected chi connectivity index (χ1v) is 13.0. The van der Waals surface area contributed by atoms with E-state index in [-0.39, 0.29) is 33.8 Å². The number of phenols is 5. The van der Waals surface area contributed by atoms with Gasteiger partial charge in [0.1, 0.15) is 59.2 Å². The Bertz CT molecular complexity index is 1780. The molecule has 4 aromatic rings. The van der Waals surface area contributed by atoms with E-state index in [4.69, 9.17) is 18.6 Å². The average molecular weight is 611 g/mol. The van der Waals surface area contributed by atoms with E-state index in [2.05, 4.69) is 0 Å². The highest BCUT2D eigenvalue weighted by Gasteiger charge is 2.46. The molecule has 3 aromatic carbocycles. The first kappa shape index (κ1) is 30.2. The number of ether oxygens (including phenoxy) is 3. The van der Waals surface area contributed by atoms with Crippen molar-refractivity contribution in [1.82, 2.24) is 0 Å². The number of esters is 1. The lowest BCUT2D eigenvalue weighted by Crippen LogP contribution is -2.60. The fraction of sp³-hybridized carbons (Fsp3) is 0.200. The van der Waals surface area contributed by atoms with Crippen LogP contribution in [-0.2, 0) is 14.3 Å². The van der Waals surface area contributed by atoms with E-state index >= 15 is 0 Å². The van der Waals surface area contributed by atoms with E-state index in [0.717, 1.165) is 18.2 Å². The maximum Gasteiger partial charge on any atom is 0.330 e. The van der Waals surface area contributed by atoms with Gasteiger partial charge in [-0.1, -0.05) is 6.07 Å². The van der Waals surface area contributed by atoms with Gasteiger partial charge in [0.05, 0.1) is 0 Å². The van der Waals surface area contributed by atoms with Gasteiger partial charge in [0.25, 0.3) is 0 Å². The highest BCUT2D eigenvalue weighted by atomic mass is 16.7. The van der Waals surface area contributed by atoms with Crippen molar-refractivity contribution in [3.05, 3.63) is 76.5 Å². The normalized spacial score (nSPS) is 21.8. The molecule has 14 heteroatoms. The Kier molecular flexibility index (Phi) is 8.33. The van der Waals surface area contributed by atoms with Gasteiger partial charge in [-0.3, -0.25) is 4.79 Å². The number of aliphatic hydroxyl groups excluding tert-OH is 3. The molecule has 0 bridgehead atoms. The molecule has 8 N–H and O–H groups in total. The minimum absolute atomic E-state index is 0.105. The number of hydrogen-bond donors (Lipinski definition) is 8. The van der Waals surface area contributed by atoms with E-state index in [1.807, 2.05) is 0 Å². The first-order valence-electron chi connectivity index (χ1n) is 13.0. The van der Waals surface area contributed by atoms with Crippen LogP contribution in [0.4, 0.5) is 0 Å². The Morgan fingerprint density at radius 3 is 2.25 bits per heavy atom. The standard InChI is InChI=1S/C30H26O14/c31-15-5-3-14(4-6-15)28-29(25(38)23-19(35)10-16(32)11-20(23)42-28)44-30-27(40)26(39)24(37)21(43-30)12-41-22(36)8-2-13-1-7-17(33)18(34)9-13/h1-11,21,24,26-27,30-35,37,39-40H,12H2/t21-,24+,26+,27-,30+/m1/s1. The van der Waals surface area contributed by atoms with Crippen molar-refractivity contribution in [2.75, 3.05) is 6.61 Å². The molecule has 1 aliphatic heterocycles. The van der Waals surface area contributed by atoms with Gasteiger partial charge < -0.3 is 59.5 Å². The number of carbonyl (C=O) groups excluding carboxylic acids is 1. The lowest BCUT2D eigenvalue weighted by Gasteiger charge is -2.39. The van der Waals surface area contributed by atoms with Crippen molar-refractivity contribution in [1.29, 1.82) is 0 Å². The van der Waals surface area contributed by atoms with Crippen LogP contribution >= 0.6 is 0 Å². The lowest BCUT2D eigenvalue weighted by atomic mass is 9.99. The van der Waals surface area contributed by atoms with Crippen molar-refractivity contribution in [2.24, 2.45) is 0 Å². The van der Waals surface area contributed by atoms with E-state index in [1.54, 1.807) is 0 Å². The molecule has 1 fully saturated rings. The number of benzene rings is 3. The van der Waals surface area contributed by atoms with Crippen LogP contribution in [0.3, 0.4) is 0 Å². The molecule has 44 heavy (non-hydrogen) atoms. The summed E-state index contributed by atoms with van der Waals surface area (Å²) in [5.41, 5.74) is -0.608. The van der Waals surface area contributed by atoms with Crippen LogP contribution in [0.1, 0.15) is 5.56 Å². The zero-order valence-electron chi connectivity index (χ0n) is 22.5. The van der Waals surface area contributed by atoms with E-state index in [1.165, 1.54) is 48.5 Å². The molecular formula is C30H26O14. The molecule has 0 radical (unpaired) electrons. The van der Waals surface area contributed by atoms with Gasteiger partial charge >= 0.3 is 5.97 Å². The fourth-order valence-corrected chi connectivity index (χ4v) is 4.47. The number of aromatic hydroxyl groups is 5. The third-order valence-electron chi connectivity index (χ3n) is 6.75. The van der Waals surface area contributed by atoms with E-state index in [0.29, 0.717) is 5.56 Å². The predicted molar refractivity (Wildman–Crippen MR) is 150 cm³/mol. The van der Waals surface area contributed by atoms with Crippen LogP contribution in [0.15, 0.2) is 69.9 Å². The lowest BCUT2D eigenvalue weighted by molar-refractivity contribution is -0.278. The quantitative estimate of drug-likeness (QED) is 0.0840. The molecule has 0 saturated carbocycles. The summed E-state index contributed by atoms with van der Waals surface area (Å²) in [7, 11) is 0. The molecule has 1 saturated heterocycles. The molecule has 0 spiro atoms. The summed E-state index contributed by atoms with van der Waals surface area (Å²) in [5, 5.41) is 80.2. The monoisotopic (exact) mass is 610 g/mol. The predicted octanol–water partition coefficient (Wildman–Crippen LogP) is 1.43. The first-order chi connectivity index (χ1) is 20.9. The van der Waals surface area contributed by atoms with Crippen molar-refractivity contribution in [3.8, 4) is 45.8 Å². The minimum atomic E-state index is -1.92. The van der Waals surface area contributed by atoms with Gasteiger partial charge in [-0.25, -0.2) is 4.79 Å². The molecule has 0 amide bonds. The van der Waals surface area contributed by atoms with Gasteiger partial charge in [0, 0.05) is 23.8 Å². The highest BCUT2D eigenvalue weighted by Crippen LogP contribution is 2.37. The van der Waals surface area contributed by atoms with E-state index in [9.17, 15) is 50.4 Å². The van der Waals surface area contributed by atoms with Crippen LogP contribution in [0.25, 0.3) is 28.4 Å². The summed E-state index contributed by atoms with van der Waals surface area (Å²) in [5.74, 6) is -3.65. The Morgan fingerprint density at radius 1 is 0.818 bits per heavy atom. The fourth-order valence-electron chi connectivity index (χ4n) is 4.47. The van der Waals surface area contributed by atoms with Gasteiger partial charge in [0.15, 0.2) is 17.3 Å². The van der Waals surface area contributed by atoms with Crippen molar-refractivity contribution < 1.29 is 64.3 Å². The van der Waals surface area contributed by atoms with Crippen LogP contribution in [0, 0.1) is 0 Å². The summed E-state index contributed by atoms with van der Waals surface area (Å²) in [4.78, 5) is 25.8. The molecule has 0 unspecified atom stereocenters. The maximum atomic E-state index is 13.5. The Balaban J connectivity index is 1.41. The third kappa shape index (κ3) is 6.09. The number of rotatable bonds is 7. The summed E-state index contributed by atoms with van der Waals surface area (Å²) in [6.07, 6.45) is -6.57. The Labute approximate surface area is 247 Å². The molecule has 2 heterocycles. The van der Waals surface area contributed by atoms with Gasteiger partial charge in [-0.2, -0.15) is 0 Å². The Morgan fingerprint density at radius 2 is 1.55 bits per heavy atom. The maximum absolute atomic E-state index is 13.5. The van der Waals surface area contributed by atoms with Crippen LogP contribution in [-0.4, -0.2) is 84.1 Å². The third-order valence-corrected chi connectivity index (χ3v) is 6.75. The van der Waals surface area contributed by atoms with Crippen molar-refractivity contribution in [2.45, 2.75) is 30.7 Å². The molecule has 5 atom stereocenters. The number of fused-ring (bicyclic) bond motifs is 1. The topological polar surface area (TPSA) is 237 Å². The zero-order valence-corrected chi connectivity index (χ0v) is 22.5. The van der Waals surface area contributed by atoms with Crippen molar-refractivity contribution >= 4 is 23.0 Å². The summed E-state index contributed by atoms with van der Waals surface area (Å²) in [6.45, 7) is -0.633. The summed E-state index contributed by atoms with van der Waals surface area (Å²) >= 11 is 0. The summed E-state index contributed by atoms with van der Waals surface area (Å²) in [6, 6.07) is 11.2. The number of phenolic OH excluding ortho intramolecular Hbond substituents is 5. The molecule has 230 valence electrons. The molecule has 1 aromatic heterocycles. The largest absolute Gasteiger partial charge is 0.508 e. The van der Waals surface area contributed by atoms with Gasteiger partial charge in [-0.05, 0) is 48.0 Å². The molecular weight excluding hydrogens is 584 g/mol. The van der Waals surface area contributed by atoms with Crippen LogP contribution in [0.2, 0.25) is 0 Å². The number of aliphatic hydroxyl groups is 3. The SMILES string of the molecule is O=C(C=Cc1ccc(O)c(O)c1)OC[C@H]1O[C@@H](Oc2c(-c3ccc(O)cc3)oc3cc(O)cc(O)c3c2=O)[C@H](O)[C@@H](O)[C@H]1O. The highest BCUT2D eigenvalue weighted by molar-refractivity contribution is 5.88. The zero-order chi connectivity index (χ0) is 31.7. The average Bonchev–Trinajstić information content (AvgIpc) is 2.98. The number of hydrogen-bond acceptors (Lipinski definition) is 14. The van der Waals surface area contributed by atoms with E-state index < -0.39 is 71.7 Å². The second-order valence-corrected chi connectivity index (χ2v) is 9.82. The molecule has 5 rings (SSSR count). The van der Waals surface area contributed by atoms with Crippen LogP contribution in [0.5, 0.6) is 34.5 Å². The smallest absolute Gasteiger partial charge is 0.330 e. The van der Waals surface area contributed by atoms with Crippen molar-refractivity contribution in [3.63, 3.8) is 0 Å². The van der Waals surface area contributed by atoms with Gasteiger partial charge in [-0.15, -0.1) is 0 Å². The summed E-state index contributed by atoms with van der Waals surface area (Å²) < 4.78 is 22.2. The number of carbonyl (C=O) groups is 1. The van der Waals surface area contributed by atoms with Crippen LogP contribution < -0.4 is 10.2 Å². The minimum Gasteiger partial charge on any atom is -0.508 e. The Hall–Kier alpha value is -5.28. The molecule has 0 aliphatic carbocycles.